The fraction of sp³-hybridized carbons (Fsp3) is 0.556. The number of allylic oxidation sites excluding steroid dienone is 2. The van der Waals surface area contributed by atoms with E-state index in [0.717, 1.165) is 17.2 Å². The third-order valence-electron chi connectivity index (χ3n) is 5.48. The first-order chi connectivity index (χ1) is 13.8. The minimum absolute atomic E-state index is 0.583. The lowest BCUT2D eigenvalue weighted by Gasteiger charge is -2.25. The first-order valence-electron chi connectivity index (χ1n) is 11.2. The summed E-state index contributed by atoms with van der Waals surface area (Å²) in [4.78, 5) is 0. The first-order valence-corrected chi connectivity index (χ1v) is 11.2. The lowest BCUT2D eigenvalue weighted by Crippen LogP contribution is -2.13. The molecule has 1 saturated carbocycles. The van der Waals surface area contributed by atoms with E-state index in [0.29, 0.717) is 12.5 Å². The SMILES string of the molecule is CCCCCCCC1CCC(C#C/C=C/C#Cc2ccc(OCC)cc2)CC1. The molecule has 0 heterocycles. The molecule has 1 aliphatic rings. The monoisotopic (exact) mass is 376 g/mol. The van der Waals surface area contributed by atoms with E-state index < -0.39 is 0 Å². The predicted octanol–water partition coefficient (Wildman–Crippen LogP) is 7.16. The molecule has 0 saturated heterocycles. The zero-order chi connectivity index (χ0) is 19.9. The molecule has 0 amide bonds. The van der Waals surface area contributed by atoms with Gasteiger partial charge in [0.1, 0.15) is 5.75 Å². The van der Waals surface area contributed by atoms with E-state index in [1.807, 2.05) is 43.3 Å². The summed E-state index contributed by atoms with van der Waals surface area (Å²) < 4.78 is 5.44. The maximum atomic E-state index is 5.44. The van der Waals surface area contributed by atoms with E-state index in [1.54, 1.807) is 0 Å². The Balaban J connectivity index is 1.64. The van der Waals surface area contributed by atoms with Crippen molar-refractivity contribution in [2.45, 2.75) is 78.1 Å². The van der Waals surface area contributed by atoms with Gasteiger partial charge in [0.25, 0.3) is 0 Å². The van der Waals surface area contributed by atoms with Crippen molar-refractivity contribution in [3.63, 3.8) is 0 Å². The van der Waals surface area contributed by atoms with Crippen LogP contribution in [0.5, 0.6) is 5.75 Å². The summed E-state index contributed by atoms with van der Waals surface area (Å²) in [7, 11) is 0. The van der Waals surface area contributed by atoms with Crippen LogP contribution in [0.1, 0.15) is 83.6 Å². The molecule has 0 bridgehead atoms. The van der Waals surface area contributed by atoms with Crippen LogP contribution >= 0.6 is 0 Å². The van der Waals surface area contributed by atoms with E-state index in [4.69, 9.17) is 4.74 Å². The summed E-state index contributed by atoms with van der Waals surface area (Å²) >= 11 is 0. The van der Waals surface area contributed by atoms with E-state index in [9.17, 15) is 0 Å². The van der Waals surface area contributed by atoms with Crippen LogP contribution in [0.3, 0.4) is 0 Å². The van der Waals surface area contributed by atoms with Crippen LogP contribution in [0.15, 0.2) is 36.4 Å². The van der Waals surface area contributed by atoms with Gasteiger partial charge in [-0.05, 0) is 74.9 Å². The van der Waals surface area contributed by atoms with E-state index in [1.165, 1.54) is 64.2 Å². The van der Waals surface area contributed by atoms with Gasteiger partial charge in [0.15, 0.2) is 0 Å². The Morgan fingerprint density at radius 1 is 0.893 bits per heavy atom. The van der Waals surface area contributed by atoms with Crippen molar-refractivity contribution < 1.29 is 4.74 Å². The van der Waals surface area contributed by atoms with Crippen LogP contribution in [0.2, 0.25) is 0 Å². The maximum Gasteiger partial charge on any atom is 0.119 e. The molecule has 1 fully saturated rings. The second-order valence-electron chi connectivity index (χ2n) is 7.77. The highest BCUT2D eigenvalue weighted by molar-refractivity contribution is 5.40. The van der Waals surface area contributed by atoms with Crippen molar-refractivity contribution in [1.29, 1.82) is 0 Å². The van der Waals surface area contributed by atoms with Gasteiger partial charge in [-0.15, -0.1) is 0 Å². The quantitative estimate of drug-likeness (QED) is 0.345. The van der Waals surface area contributed by atoms with Gasteiger partial charge in [-0.25, -0.2) is 0 Å². The van der Waals surface area contributed by atoms with Crippen molar-refractivity contribution in [1.82, 2.24) is 0 Å². The van der Waals surface area contributed by atoms with Gasteiger partial charge in [0.05, 0.1) is 6.61 Å². The lowest BCUT2D eigenvalue weighted by molar-refractivity contribution is 0.294. The van der Waals surface area contributed by atoms with E-state index >= 15 is 0 Å². The molecule has 1 aromatic carbocycles. The normalized spacial score (nSPS) is 18.8. The van der Waals surface area contributed by atoms with Crippen LogP contribution in [-0.2, 0) is 0 Å². The van der Waals surface area contributed by atoms with Crippen molar-refractivity contribution in [2.24, 2.45) is 11.8 Å². The standard InChI is InChI=1S/C27H36O/c1-3-5-6-7-10-13-24-16-18-25(19-17-24)14-11-8-9-12-15-26-20-22-27(23-21-26)28-4-2/h8-9,20-25H,3-7,10,13,16-19H2,1-2H3/b9-8+. The Kier molecular flexibility index (Phi) is 11.1. The summed E-state index contributed by atoms with van der Waals surface area (Å²) in [5.41, 5.74) is 0.995. The number of hydrogen-bond acceptors (Lipinski definition) is 1. The summed E-state index contributed by atoms with van der Waals surface area (Å²) in [6.45, 7) is 4.96. The van der Waals surface area contributed by atoms with Crippen LogP contribution in [0.25, 0.3) is 0 Å². The molecule has 0 aliphatic heterocycles. The van der Waals surface area contributed by atoms with Gasteiger partial charge < -0.3 is 4.74 Å². The lowest BCUT2D eigenvalue weighted by atomic mass is 9.80. The van der Waals surface area contributed by atoms with Crippen molar-refractivity contribution in [2.75, 3.05) is 6.61 Å². The molecule has 0 aromatic heterocycles. The van der Waals surface area contributed by atoms with Crippen molar-refractivity contribution in [3.8, 4) is 29.4 Å². The average molecular weight is 377 g/mol. The van der Waals surface area contributed by atoms with Gasteiger partial charge in [-0.1, -0.05) is 69.1 Å². The number of unbranched alkanes of at least 4 members (excludes halogenated alkanes) is 4. The van der Waals surface area contributed by atoms with E-state index in [2.05, 4.69) is 30.6 Å². The second-order valence-corrected chi connectivity index (χ2v) is 7.77. The molecule has 2 rings (SSSR count). The molecule has 28 heavy (non-hydrogen) atoms. The highest BCUT2D eigenvalue weighted by Gasteiger charge is 2.19. The smallest absolute Gasteiger partial charge is 0.119 e. The molecule has 1 aliphatic carbocycles. The average Bonchev–Trinajstić information content (AvgIpc) is 2.73. The molecular formula is C27H36O. The molecule has 0 unspecified atom stereocenters. The largest absolute Gasteiger partial charge is 0.494 e. The Morgan fingerprint density at radius 3 is 2.32 bits per heavy atom. The van der Waals surface area contributed by atoms with Crippen molar-refractivity contribution >= 4 is 0 Å². The number of hydrogen-bond donors (Lipinski definition) is 0. The Bertz CT molecular complexity index is 682. The van der Waals surface area contributed by atoms with Crippen LogP contribution < -0.4 is 4.74 Å². The molecule has 0 radical (unpaired) electrons. The van der Waals surface area contributed by atoms with Gasteiger partial charge in [0, 0.05) is 11.5 Å². The molecular weight excluding hydrogens is 340 g/mol. The zero-order valence-electron chi connectivity index (χ0n) is 17.8. The summed E-state index contributed by atoms with van der Waals surface area (Å²) in [6, 6.07) is 7.89. The topological polar surface area (TPSA) is 9.23 Å². The molecule has 0 atom stereocenters. The molecule has 150 valence electrons. The molecule has 1 aromatic rings. The number of ether oxygens (including phenoxy) is 1. The summed E-state index contributed by atoms with van der Waals surface area (Å²) in [5, 5.41) is 0. The van der Waals surface area contributed by atoms with Gasteiger partial charge in [-0.3, -0.25) is 0 Å². The Hall–Kier alpha value is -2.12. The first kappa shape index (κ1) is 22.2. The molecule has 1 nitrogen and oxygen atoms in total. The van der Waals surface area contributed by atoms with Crippen LogP contribution in [-0.4, -0.2) is 6.61 Å². The Morgan fingerprint density at radius 2 is 1.61 bits per heavy atom. The molecule has 0 spiro atoms. The van der Waals surface area contributed by atoms with Gasteiger partial charge in [0.2, 0.25) is 0 Å². The molecule has 0 N–H and O–H groups in total. The van der Waals surface area contributed by atoms with Gasteiger partial charge in [-0.2, -0.15) is 0 Å². The van der Waals surface area contributed by atoms with Crippen LogP contribution in [0.4, 0.5) is 0 Å². The number of benzene rings is 1. The van der Waals surface area contributed by atoms with Crippen molar-refractivity contribution in [3.05, 3.63) is 42.0 Å². The Labute approximate surface area is 173 Å². The van der Waals surface area contributed by atoms with Crippen LogP contribution in [0, 0.1) is 35.5 Å². The highest BCUT2D eigenvalue weighted by atomic mass is 16.5. The third-order valence-corrected chi connectivity index (χ3v) is 5.48. The minimum atomic E-state index is 0.583. The maximum absolute atomic E-state index is 5.44. The highest BCUT2D eigenvalue weighted by Crippen LogP contribution is 2.31. The number of rotatable bonds is 8. The summed E-state index contributed by atoms with van der Waals surface area (Å²) in [6.07, 6.45) is 17.5. The third kappa shape index (κ3) is 9.19. The summed E-state index contributed by atoms with van der Waals surface area (Å²) in [5.74, 6) is 15.2. The minimum Gasteiger partial charge on any atom is -0.494 e. The zero-order valence-corrected chi connectivity index (χ0v) is 17.8. The second kappa shape index (κ2) is 14.0. The fourth-order valence-electron chi connectivity index (χ4n) is 3.81. The fourth-order valence-corrected chi connectivity index (χ4v) is 3.81. The predicted molar refractivity (Wildman–Crippen MR) is 120 cm³/mol. The molecule has 1 heteroatoms. The van der Waals surface area contributed by atoms with Gasteiger partial charge >= 0.3 is 0 Å². The van der Waals surface area contributed by atoms with E-state index in [-0.39, 0.29) is 0 Å².